The van der Waals surface area contributed by atoms with Crippen LogP contribution in [0.2, 0.25) is 0 Å². The van der Waals surface area contributed by atoms with Gasteiger partial charge in [0.05, 0.1) is 22.2 Å². The first-order valence-electron chi connectivity index (χ1n) is 6.11. The minimum atomic E-state index is -3.80. The quantitative estimate of drug-likeness (QED) is 0.876. The van der Waals surface area contributed by atoms with Crippen molar-refractivity contribution < 1.29 is 12.8 Å². The van der Waals surface area contributed by atoms with Crippen LogP contribution in [0.3, 0.4) is 0 Å². The Bertz CT molecular complexity index is 826. The molecule has 0 heterocycles. The molecule has 0 unspecified atom stereocenters. The highest BCUT2D eigenvalue weighted by atomic mass is 32.2. The molecule has 108 valence electrons. The fourth-order valence-corrected chi connectivity index (χ4v) is 3.16. The molecule has 2 aromatic rings. The number of hydrogen-bond donors (Lipinski definition) is 0. The van der Waals surface area contributed by atoms with E-state index >= 15 is 0 Å². The van der Waals surface area contributed by atoms with Gasteiger partial charge in [0.25, 0.3) is 10.0 Å². The lowest BCUT2D eigenvalue weighted by atomic mass is 10.1. The molecule has 0 radical (unpaired) electrons. The van der Waals surface area contributed by atoms with Crippen LogP contribution in [0.15, 0.2) is 47.4 Å². The number of nitrogens with zero attached hydrogens (tertiary/aromatic N) is 2. The van der Waals surface area contributed by atoms with E-state index in [-0.39, 0.29) is 10.6 Å². The standard InChI is InChI=1S/C15H13FN2O2S/c1-11-8-15(7-6-12(11)10-17)21(19,20)18(2)14-5-3-4-13(16)9-14/h3-9H,1-2H3. The van der Waals surface area contributed by atoms with Crippen molar-refractivity contribution in [3.05, 3.63) is 59.4 Å². The molecule has 4 nitrogen and oxygen atoms in total. The Balaban J connectivity index is 2.47. The molecule has 0 atom stereocenters. The SMILES string of the molecule is Cc1cc(S(=O)(=O)N(C)c2cccc(F)c2)ccc1C#N. The normalized spacial score (nSPS) is 11.0. The van der Waals surface area contributed by atoms with E-state index in [4.69, 9.17) is 5.26 Å². The molecule has 0 spiro atoms. The minimum Gasteiger partial charge on any atom is -0.269 e. The number of halogens is 1. The summed E-state index contributed by atoms with van der Waals surface area (Å²) in [5.41, 5.74) is 1.23. The van der Waals surface area contributed by atoms with E-state index in [0.717, 1.165) is 10.4 Å². The van der Waals surface area contributed by atoms with Crippen molar-refractivity contribution in [2.24, 2.45) is 0 Å². The van der Waals surface area contributed by atoms with Crippen LogP contribution in [0, 0.1) is 24.1 Å². The van der Waals surface area contributed by atoms with E-state index in [0.29, 0.717) is 11.1 Å². The Morgan fingerprint density at radius 1 is 1.19 bits per heavy atom. The molecular weight excluding hydrogens is 291 g/mol. The number of aryl methyl sites for hydroxylation is 1. The van der Waals surface area contributed by atoms with E-state index in [1.807, 2.05) is 6.07 Å². The third-order valence-corrected chi connectivity index (χ3v) is 4.93. The second-order valence-corrected chi connectivity index (χ2v) is 6.51. The second kappa shape index (κ2) is 5.54. The summed E-state index contributed by atoms with van der Waals surface area (Å²) >= 11 is 0. The third-order valence-electron chi connectivity index (χ3n) is 3.15. The van der Waals surface area contributed by atoms with Crippen molar-refractivity contribution in [2.45, 2.75) is 11.8 Å². The van der Waals surface area contributed by atoms with Gasteiger partial charge in [-0.3, -0.25) is 4.31 Å². The van der Waals surface area contributed by atoms with Crippen molar-refractivity contribution in [3.63, 3.8) is 0 Å². The zero-order valence-corrected chi connectivity index (χ0v) is 12.4. The maximum absolute atomic E-state index is 13.2. The lowest BCUT2D eigenvalue weighted by Gasteiger charge is -2.20. The fourth-order valence-electron chi connectivity index (χ4n) is 1.89. The molecule has 0 aliphatic rings. The van der Waals surface area contributed by atoms with Crippen molar-refractivity contribution in [3.8, 4) is 6.07 Å². The van der Waals surface area contributed by atoms with Gasteiger partial charge in [0.1, 0.15) is 5.82 Å². The summed E-state index contributed by atoms with van der Waals surface area (Å²) in [6.07, 6.45) is 0. The van der Waals surface area contributed by atoms with Gasteiger partial charge in [-0.25, -0.2) is 12.8 Å². The average Bonchev–Trinajstić information content (AvgIpc) is 2.46. The number of anilines is 1. The summed E-state index contributed by atoms with van der Waals surface area (Å²) in [5, 5.41) is 8.88. The number of nitriles is 1. The molecule has 0 amide bonds. The maximum Gasteiger partial charge on any atom is 0.264 e. The number of hydrogen-bond acceptors (Lipinski definition) is 3. The highest BCUT2D eigenvalue weighted by Gasteiger charge is 2.22. The molecule has 0 bridgehead atoms. The Labute approximate surface area is 123 Å². The molecule has 0 saturated carbocycles. The minimum absolute atomic E-state index is 0.0609. The Kier molecular flexibility index (Phi) is 3.96. The van der Waals surface area contributed by atoms with E-state index in [1.165, 1.54) is 43.4 Å². The van der Waals surface area contributed by atoms with Crippen LogP contribution >= 0.6 is 0 Å². The number of rotatable bonds is 3. The first-order chi connectivity index (χ1) is 9.86. The topological polar surface area (TPSA) is 61.2 Å². The first kappa shape index (κ1) is 15.0. The number of benzene rings is 2. The summed E-state index contributed by atoms with van der Waals surface area (Å²) in [7, 11) is -2.44. The van der Waals surface area contributed by atoms with Gasteiger partial charge < -0.3 is 0 Å². The molecular formula is C15H13FN2O2S. The second-order valence-electron chi connectivity index (χ2n) is 4.54. The molecule has 6 heteroatoms. The van der Waals surface area contributed by atoms with Crippen molar-refractivity contribution in [1.82, 2.24) is 0 Å². The van der Waals surface area contributed by atoms with Gasteiger partial charge >= 0.3 is 0 Å². The largest absolute Gasteiger partial charge is 0.269 e. The molecule has 0 aromatic heterocycles. The van der Waals surface area contributed by atoms with Gasteiger partial charge in [-0.15, -0.1) is 0 Å². The van der Waals surface area contributed by atoms with Gasteiger partial charge in [0, 0.05) is 7.05 Å². The molecule has 0 N–H and O–H groups in total. The lowest BCUT2D eigenvalue weighted by Crippen LogP contribution is -2.26. The van der Waals surface area contributed by atoms with Crippen LogP contribution in [0.5, 0.6) is 0 Å². The van der Waals surface area contributed by atoms with Gasteiger partial charge in [0.15, 0.2) is 0 Å². The molecule has 0 saturated heterocycles. The smallest absolute Gasteiger partial charge is 0.264 e. The summed E-state index contributed by atoms with van der Waals surface area (Å²) in [6.45, 7) is 1.67. The van der Waals surface area contributed by atoms with Crippen molar-refractivity contribution in [1.29, 1.82) is 5.26 Å². The van der Waals surface area contributed by atoms with Crippen molar-refractivity contribution in [2.75, 3.05) is 11.4 Å². The predicted molar refractivity (Wildman–Crippen MR) is 77.9 cm³/mol. The maximum atomic E-state index is 13.2. The zero-order chi connectivity index (χ0) is 15.6. The van der Waals surface area contributed by atoms with E-state index in [9.17, 15) is 12.8 Å². The molecule has 0 aliphatic carbocycles. The van der Waals surface area contributed by atoms with Crippen LogP contribution in [-0.4, -0.2) is 15.5 Å². The lowest BCUT2D eigenvalue weighted by molar-refractivity contribution is 0.594. The third kappa shape index (κ3) is 2.88. The van der Waals surface area contributed by atoms with Crippen LogP contribution in [0.1, 0.15) is 11.1 Å². The fraction of sp³-hybridized carbons (Fsp3) is 0.133. The van der Waals surface area contributed by atoms with Crippen LogP contribution < -0.4 is 4.31 Å². The average molecular weight is 304 g/mol. The molecule has 2 rings (SSSR count). The van der Waals surface area contributed by atoms with Crippen LogP contribution in [-0.2, 0) is 10.0 Å². The summed E-state index contributed by atoms with van der Waals surface area (Å²) in [5.74, 6) is -0.509. The predicted octanol–water partition coefficient (Wildman–Crippen LogP) is 2.83. The number of sulfonamides is 1. The molecule has 0 aliphatic heterocycles. The van der Waals surface area contributed by atoms with Gasteiger partial charge in [-0.1, -0.05) is 6.07 Å². The molecule has 2 aromatic carbocycles. The summed E-state index contributed by atoms with van der Waals surface area (Å²) < 4.78 is 39.3. The Hall–Kier alpha value is -2.39. The molecule has 21 heavy (non-hydrogen) atoms. The monoisotopic (exact) mass is 304 g/mol. The van der Waals surface area contributed by atoms with Gasteiger partial charge in [0.2, 0.25) is 0 Å². The van der Waals surface area contributed by atoms with E-state index < -0.39 is 15.8 Å². The highest BCUT2D eigenvalue weighted by Crippen LogP contribution is 2.24. The molecule has 0 fully saturated rings. The van der Waals surface area contributed by atoms with Gasteiger partial charge in [-0.2, -0.15) is 5.26 Å². The zero-order valence-electron chi connectivity index (χ0n) is 11.5. The van der Waals surface area contributed by atoms with E-state index in [2.05, 4.69) is 0 Å². The Morgan fingerprint density at radius 2 is 1.90 bits per heavy atom. The van der Waals surface area contributed by atoms with E-state index in [1.54, 1.807) is 6.92 Å². The van der Waals surface area contributed by atoms with Crippen molar-refractivity contribution >= 4 is 15.7 Å². The first-order valence-corrected chi connectivity index (χ1v) is 7.55. The van der Waals surface area contributed by atoms with Crippen LogP contribution in [0.4, 0.5) is 10.1 Å². The highest BCUT2D eigenvalue weighted by molar-refractivity contribution is 7.92. The van der Waals surface area contributed by atoms with Gasteiger partial charge in [-0.05, 0) is 48.9 Å². The summed E-state index contributed by atoms with van der Waals surface area (Å²) in [6, 6.07) is 11.6. The van der Waals surface area contributed by atoms with Crippen LogP contribution in [0.25, 0.3) is 0 Å². The Morgan fingerprint density at radius 3 is 2.48 bits per heavy atom. The summed E-state index contributed by atoms with van der Waals surface area (Å²) in [4.78, 5) is 0.0609.